The molecule has 0 bridgehead atoms. The van der Waals surface area contributed by atoms with Gasteiger partial charge in [0.05, 0.1) is 7.11 Å². The average Bonchev–Trinajstić information content (AvgIpc) is 2.58. The molecule has 1 rings (SSSR count). The molecule has 0 saturated heterocycles. The third-order valence-corrected chi connectivity index (χ3v) is 3.39. The zero-order valence-corrected chi connectivity index (χ0v) is 14.3. The minimum absolute atomic E-state index is 0.0727. The number of phenols is 1. The molecule has 0 heterocycles. The van der Waals surface area contributed by atoms with E-state index in [1.165, 1.54) is 19.4 Å². The minimum atomic E-state index is -0.786. The highest BCUT2D eigenvalue weighted by molar-refractivity contribution is 5.81. The number of benzene rings is 1. The number of ether oxygens (including phenoxy) is 1. The molecule has 1 aromatic carbocycles. The summed E-state index contributed by atoms with van der Waals surface area (Å²) in [7, 11) is 1.48. The summed E-state index contributed by atoms with van der Waals surface area (Å²) in [6.07, 6.45) is 8.42. The SMILES string of the molecule is COc1cc(/C=C/C=N/NC(=O)CCCCCCC(=O)O)ccc1O. The van der Waals surface area contributed by atoms with Crippen molar-refractivity contribution in [2.45, 2.75) is 38.5 Å². The van der Waals surface area contributed by atoms with Crippen LogP contribution in [-0.2, 0) is 9.59 Å². The van der Waals surface area contributed by atoms with Gasteiger partial charge in [-0.05, 0) is 36.6 Å². The summed E-state index contributed by atoms with van der Waals surface area (Å²) >= 11 is 0. The van der Waals surface area contributed by atoms with Crippen molar-refractivity contribution >= 4 is 24.2 Å². The molecule has 0 fully saturated rings. The van der Waals surface area contributed by atoms with Gasteiger partial charge < -0.3 is 14.9 Å². The number of aromatic hydroxyl groups is 1. The molecule has 0 saturated carbocycles. The summed E-state index contributed by atoms with van der Waals surface area (Å²) in [5, 5.41) is 21.8. The first-order valence-corrected chi connectivity index (χ1v) is 8.10. The maximum Gasteiger partial charge on any atom is 0.303 e. The first-order chi connectivity index (χ1) is 12.0. The first kappa shape index (κ1) is 20.2. The number of nitrogens with zero attached hydrogens (tertiary/aromatic N) is 1. The second kappa shape index (κ2) is 11.7. The van der Waals surface area contributed by atoms with E-state index >= 15 is 0 Å². The molecular formula is C18H24N2O5. The molecule has 0 unspecified atom stereocenters. The van der Waals surface area contributed by atoms with Gasteiger partial charge in [0.1, 0.15) is 0 Å². The quantitative estimate of drug-likeness (QED) is 0.324. The Kier molecular flexibility index (Phi) is 9.43. The number of unbranched alkanes of at least 4 members (excludes halogenated alkanes) is 3. The van der Waals surface area contributed by atoms with Gasteiger partial charge in [0.15, 0.2) is 11.5 Å². The van der Waals surface area contributed by atoms with Crippen molar-refractivity contribution in [1.82, 2.24) is 5.43 Å². The average molecular weight is 348 g/mol. The monoisotopic (exact) mass is 348 g/mol. The fraction of sp³-hybridized carbons (Fsp3) is 0.389. The van der Waals surface area contributed by atoms with Crippen LogP contribution in [0.3, 0.4) is 0 Å². The maximum atomic E-state index is 11.6. The van der Waals surface area contributed by atoms with Gasteiger partial charge in [-0.15, -0.1) is 0 Å². The first-order valence-electron chi connectivity index (χ1n) is 8.10. The number of allylic oxidation sites excluding steroid dienone is 1. The molecule has 1 amide bonds. The Labute approximate surface area is 147 Å². The fourth-order valence-electron chi connectivity index (χ4n) is 2.08. The minimum Gasteiger partial charge on any atom is -0.504 e. The number of methoxy groups -OCH3 is 1. The van der Waals surface area contributed by atoms with Crippen LogP contribution < -0.4 is 10.2 Å². The number of hydrogen-bond donors (Lipinski definition) is 3. The highest BCUT2D eigenvalue weighted by atomic mass is 16.5. The van der Waals surface area contributed by atoms with Crippen LogP contribution in [0, 0.1) is 0 Å². The van der Waals surface area contributed by atoms with E-state index in [1.807, 2.05) is 0 Å². The summed E-state index contributed by atoms with van der Waals surface area (Å²) in [4.78, 5) is 21.9. The summed E-state index contributed by atoms with van der Waals surface area (Å²) in [6.45, 7) is 0. The molecule has 0 aromatic heterocycles. The van der Waals surface area contributed by atoms with Crippen molar-refractivity contribution in [2.24, 2.45) is 5.10 Å². The van der Waals surface area contributed by atoms with E-state index in [2.05, 4.69) is 10.5 Å². The van der Waals surface area contributed by atoms with Crippen LogP contribution in [0.4, 0.5) is 0 Å². The number of phenolic OH excluding ortho intramolecular Hbond substituents is 1. The van der Waals surface area contributed by atoms with Gasteiger partial charge in [-0.3, -0.25) is 9.59 Å². The van der Waals surface area contributed by atoms with E-state index in [0.29, 0.717) is 25.0 Å². The zero-order chi connectivity index (χ0) is 18.5. The normalized spacial score (nSPS) is 11.1. The molecular weight excluding hydrogens is 324 g/mol. The summed E-state index contributed by atoms with van der Waals surface area (Å²) < 4.78 is 5.01. The van der Waals surface area contributed by atoms with Crippen LogP contribution in [-0.4, -0.2) is 35.4 Å². The van der Waals surface area contributed by atoms with Crippen molar-refractivity contribution < 1.29 is 24.5 Å². The van der Waals surface area contributed by atoms with Crippen molar-refractivity contribution in [3.63, 3.8) is 0 Å². The Balaban J connectivity index is 2.22. The van der Waals surface area contributed by atoms with Crippen LogP contribution in [0.1, 0.15) is 44.1 Å². The number of carbonyl (C=O) groups excluding carboxylic acids is 1. The molecule has 3 N–H and O–H groups in total. The number of carboxylic acid groups (broad SMARTS) is 1. The lowest BCUT2D eigenvalue weighted by molar-refractivity contribution is -0.137. The third kappa shape index (κ3) is 9.14. The molecule has 25 heavy (non-hydrogen) atoms. The van der Waals surface area contributed by atoms with Crippen LogP contribution in [0.25, 0.3) is 6.08 Å². The Hall–Kier alpha value is -2.83. The van der Waals surface area contributed by atoms with Crippen LogP contribution in [0.15, 0.2) is 29.4 Å². The molecule has 0 aliphatic carbocycles. The predicted molar refractivity (Wildman–Crippen MR) is 95.7 cm³/mol. The summed E-state index contributed by atoms with van der Waals surface area (Å²) in [5.74, 6) is -0.501. The Morgan fingerprint density at radius 1 is 1.20 bits per heavy atom. The van der Waals surface area contributed by atoms with Gasteiger partial charge in [-0.2, -0.15) is 5.10 Å². The van der Waals surface area contributed by atoms with Gasteiger partial charge in [-0.1, -0.05) is 25.0 Å². The van der Waals surface area contributed by atoms with Crippen molar-refractivity contribution in [2.75, 3.05) is 7.11 Å². The number of nitrogens with one attached hydrogen (secondary N) is 1. The second-order valence-electron chi connectivity index (χ2n) is 5.41. The van der Waals surface area contributed by atoms with E-state index in [-0.39, 0.29) is 18.1 Å². The van der Waals surface area contributed by atoms with Crippen LogP contribution in [0.5, 0.6) is 11.5 Å². The Bertz CT molecular complexity index is 626. The van der Waals surface area contributed by atoms with Crippen LogP contribution >= 0.6 is 0 Å². The Morgan fingerprint density at radius 2 is 1.92 bits per heavy atom. The van der Waals surface area contributed by atoms with E-state index in [4.69, 9.17) is 9.84 Å². The zero-order valence-electron chi connectivity index (χ0n) is 14.3. The van der Waals surface area contributed by atoms with E-state index in [0.717, 1.165) is 18.4 Å². The van der Waals surface area contributed by atoms with Gasteiger partial charge >= 0.3 is 5.97 Å². The lowest BCUT2D eigenvalue weighted by Gasteiger charge is -2.03. The number of hydrogen-bond acceptors (Lipinski definition) is 5. The molecule has 0 radical (unpaired) electrons. The highest BCUT2D eigenvalue weighted by Crippen LogP contribution is 2.26. The van der Waals surface area contributed by atoms with E-state index < -0.39 is 5.97 Å². The Morgan fingerprint density at radius 3 is 2.60 bits per heavy atom. The summed E-state index contributed by atoms with van der Waals surface area (Å²) in [5.41, 5.74) is 3.26. The number of carboxylic acids is 1. The number of rotatable bonds is 11. The number of aliphatic carboxylic acids is 1. The molecule has 136 valence electrons. The lowest BCUT2D eigenvalue weighted by Crippen LogP contribution is -2.16. The summed E-state index contributed by atoms with van der Waals surface area (Å²) in [6, 6.07) is 4.95. The molecule has 0 aliphatic heterocycles. The fourth-order valence-corrected chi connectivity index (χ4v) is 2.08. The predicted octanol–water partition coefficient (Wildman–Crippen LogP) is 2.94. The third-order valence-electron chi connectivity index (χ3n) is 3.39. The topological polar surface area (TPSA) is 108 Å². The maximum absolute atomic E-state index is 11.6. The van der Waals surface area contributed by atoms with Crippen molar-refractivity contribution in [3.05, 3.63) is 29.8 Å². The van der Waals surface area contributed by atoms with Crippen molar-refractivity contribution in [3.8, 4) is 11.5 Å². The molecule has 0 atom stereocenters. The smallest absolute Gasteiger partial charge is 0.303 e. The van der Waals surface area contributed by atoms with Gasteiger partial charge in [-0.25, -0.2) is 5.43 Å². The van der Waals surface area contributed by atoms with Gasteiger partial charge in [0.2, 0.25) is 5.91 Å². The van der Waals surface area contributed by atoms with Crippen LogP contribution in [0.2, 0.25) is 0 Å². The van der Waals surface area contributed by atoms with E-state index in [9.17, 15) is 14.7 Å². The molecule has 0 aliphatic rings. The van der Waals surface area contributed by atoms with Gasteiger partial charge in [0.25, 0.3) is 0 Å². The second-order valence-corrected chi connectivity index (χ2v) is 5.41. The number of hydrazone groups is 1. The lowest BCUT2D eigenvalue weighted by atomic mass is 10.1. The molecule has 1 aromatic rings. The standard InChI is InChI=1S/C18H24N2O5/c1-25-16-13-14(10-11-15(16)21)7-6-12-19-20-17(22)8-4-2-3-5-9-18(23)24/h6-7,10-13,21H,2-5,8-9H2,1H3,(H,20,22)(H,23,24)/b7-6+,19-12+. The van der Waals surface area contributed by atoms with Crippen molar-refractivity contribution in [1.29, 1.82) is 0 Å². The highest BCUT2D eigenvalue weighted by Gasteiger charge is 2.01. The largest absolute Gasteiger partial charge is 0.504 e. The van der Waals surface area contributed by atoms with Gasteiger partial charge in [0, 0.05) is 19.1 Å². The van der Waals surface area contributed by atoms with E-state index in [1.54, 1.807) is 24.3 Å². The number of amides is 1. The number of carbonyl (C=O) groups is 2. The molecule has 7 nitrogen and oxygen atoms in total. The molecule has 7 heteroatoms. The molecule has 0 spiro atoms.